The molecule has 210 valence electrons. The molecule has 6 nitrogen and oxygen atoms in total. The number of nitrogens with zero attached hydrogens (tertiary/aromatic N) is 2. The monoisotopic (exact) mass is 554 g/mol. The van der Waals surface area contributed by atoms with Crippen LogP contribution in [0.5, 0.6) is 0 Å². The van der Waals surface area contributed by atoms with Crippen molar-refractivity contribution < 1.29 is 9.59 Å². The summed E-state index contributed by atoms with van der Waals surface area (Å²) < 4.78 is 2.02. The fraction of sp³-hybridized carbons (Fsp3) is 0.167. The molecule has 1 aliphatic heterocycles. The minimum Gasteiger partial charge on any atom is -0.347 e. The van der Waals surface area contributed by atoms with E-state index in [1.54, 1.807) is 0 Å². The second kappa shape index (κ2) is 11.5. The molecule has 5 aromatic rings. The van der Waals surface area contributed by atoms with Crippen LogP contribution >= 0.6 is 0 Å². The average Bonchev–Trinajstić information content (AvgIpc) is 3.33. The van der Waals surface area contributed by atoms with Gasteiger partial charge in [-0.3, -0.25) is 9.59 Å². The maximum Gasteiger partial charge on any atom is 0.268 e. The van der Waals surface area contributed by atoms with Gasteiger partial charge in [-0.25, -0.2) is 0 Å². The molecule has 2 heterocycles. The molecular formula is C36H34N4O2. The maximum atomic E-state index is 14.1. The summed E-state index contributed by atoms with van der Waals surface area (Å²) >= 11 is 0. The van der Waals surface area contributed by atoms with E-state index in [0.717, 1.165) is 39.2 Å². The Hall–Kier alpha value is -4.94. The predicted molar refractivity (Wildman–Crippen MR) is 167 cm³/mol. The van der Waals surface area contributed by atoms with Gasteiger partial charge in [-0.1, -0.05) is 72.8 Å². The van der Waals surface area contributed by atoms with E-state index in [1.165, 1.54) is 11.1 Å². The molecule has 2 amide bonds. The first-order valence-corrected chi connectivity index (χ1v) is 14.2. The van der Waals surface area contributed by atoms with Crippen molar-refractivity contribution in [2.75, 3.05) is 4.90 Å². The summed E-state index contributed by atoms with van der Waals surface area (Å²) in [4.78, 5) is 29.2. The van der Waals surface area contributed by atoms with Crippen LogP contribution in [0, 0.1) is 13.8 Å². The average molecular weight is 555 g/mol. The Morgan fingerprint density at radius 2 is 1.48 bits per heavy atom. The molecule has 1 aliphatic rings. The van der Waals surface area contributed by atoms with Crippen molar-refractivity contribution in [1.29, 1.82) is 0 Å². The van der Waals surface area contributed by atoms with Gasteiger partial charge in [0.05, 0.1) is 13.1 Å². The number of hydrogen-bond donors (Lipinski definition) is 2. The zero-order valence-corrected chi connectivity index (χ0v) is 23.9. The number of rotatable bonds is 6. The molecule has 3 N–H and O–H groups in total. The Morgan fingerprint density at radius 1 is 0.762 bits per heavy atom. The Kier molecular flexibility index (Phi) is 7.46. The van der Waals surface area contributed by atoms with Gasteiger partial charge in [0.1, 0.15) is 5.69 Å². The first-order valence-electron chi connectivity index (χ1n) is 14.2. The number of benzene rings is 4. The van der Waals surface area contributed by atoms with Gasteiger partial charge >= 0.3 is 0 Å². The SMILES string of the molecule is Cc1ccccc1-c1ccc(C(=O)N2Cc3ccc(C(=O)NCc4ccc(CN)cc4)n3Cc3ccccc32)cc1C. The van der Waals surface area contributed by atoms with Gasteiger partial charge in [0.2, 0.25) is 0 Å². The molecule has 0 radical (unpaired) electrons. The van der Waals surface area contributed by atoms with E-state index in [2.05, 4.69) is 31.3 Å². The normalized spacial score (nSPS) is 12.3. The predicted octanol–water partition coefficient (Wildman–Crippen LogP) is 6.37. The van der Waals surface area contributed by atoms with E-state index in [9.17, 15) is 9.59 Å². The van der Waals surface area contributed by atoms with Crippen LogP contribution in [-0.4, -0.2) is 16.4 Å². The molecule has 0 unspecified atom stereocenters. The van der Waals surface area contributed by atoms with Crippen LogP contribution in [0.25, 0.3) is 11.1 Å². The highest BCUT2D eigenvalue weighted by Gasteiger charge is 2.27. The van der Waals surface area contributed by atoms with Crippen LogP contribution in [0.4, 0.5) is 5.69 Å². The Labute approximate surface area is 246 Å². The number of carbonyl (C=O) groups excluding carboxylic acids is 2. The third kappa shape index (κ3) is 5.24. The van der Waals surface area contributed by atoms with Gasteiger partial charge < -0.3 is 20.5 Å². The van der Waals surface area contributed by atoms with Crippen LogP contribution < -0.4 is 16.0 Å². The van der Waals surface area contributed by atoms with Crippen molar-refractivity contribution in [2.45, 2.75) is 40.0 Å². The van der Waals surface area contributed by atoms with Gasteiger partial charge in [-0.05, 0) is 83.1 Å². The fourth-order valence-corrected chi connectivity index (χ4v) is 5.74. The lowest BCUT2D eigenvalue weighted by Crippen LogP contribution is -2.30. The standard InChI is InChI=1S/C36H34N4O2/c1-24-7-3-5-9-31(24)32-17-15-28(19-25(32)2)36(42)40-23-30-16-18-34(39(30)22-29-8-4-6-10-33(29)40)35(41)38-21-27-13-11-26(20-37)12-14-27/h3-19H,20-23,37H2,1-2H3,(H,38,41). The number of hydrogen-bond acceptors (Lipinski definition) is 3. The van der Waals surface area contributed by atoms with Crippen LogP contribution in [0.15, 0.2) is 103 Å². The van der Waals surface area contributed by atoms with Gasteiger partial charge in [0, 0.05) is 30.0 Å². The summed E-state index contributed by atoms with van der Waals surface area (Å²) in [6.07, 6.45) is 0. The van der Waals surface area contributed by atoms with Crippen molar-refractivity contribution >= 4 is 17.5 Å². The molecule has 6 rings (SSSR count). The maximum absolute atomic E-state index is 14.1. The molecule has 0 aliphatic carbocycles. The molecule has 0 spiro atoms. The number of carbonyl (C=O) groups is 2. The number of amides is 2. The van der Waals surface area contributed by atoms with E-state index in [4.69, 9.17) is 5.73 Å². The topological polar surface area (TPSA) is 80.4 Å². The summed E-state index contributed by atoms with van der Waals surface area (Å²) in [6, 6.07) is 33.9. The zero-order chi connectivity index (χ0) is 29.2. The number of nitrogens with two attached hydrogens (primary N) is 1. The van der Waals surface area contributed by atoms with Crippen LogP contribution in [-0.2, 0) is 26.2 Å². The largest absolute Gasteiger partial charge is 0.347 e. The Balaban J connectivity index is 1.27. The highest BCUT2D eigenvalue weighted by Crippen LogP contribution is 2.32. The lowest BCUT2D eigenvalue weighted by molar-refractivity contribution is 0.0941. The van der Waals surface area contributed by atoms with Crippen LogP contribution in [0.3, 0.4) is 0 Å². The minimum absolute atomic E-state index is 0.0662. The van der Waals surface area contributed by atoms with E-state index >= 15 is 0 Å². The van der Waals surface area contributed by atoms with Crippen LogP contribution in [0.2, 0.25) is 0 Å². The molecule has 0 bridgehead atoms. The number of para-hydroxylation sites is 1. The van der Waals surface area contributed by atoms with E-state index < -0.39 is 0 Å². The van der Waals surface area contributed by atoms with Gasteiger partial charge in [-0.15, -0.1) is 0 Å². The van der Waals surface area contributed by atoms with Gasteiger partial charge in [0.25, 0.3) is 11.8 Å². The third-order valence-corrected chi connectivity index (χ3v) is 8.10. The molecule has 42 heavy (non-hydrogen) atoms. The van der Waals surface area contributed by atoms with Crippen molar-refractivity contribution in [2.24, 2.45) is 5.73 Å². The first-order chi connectivity index (χ1) is 20.4. The molecule has 1 aromatic heterocycles. The van der Waals surface area contributed by atoms with E-state index in [1.807, 2.05) is 100 Å². The van der Waals surface area contributed by atoms with Gasteiger partial charge in [-0.2, -0.15) is 0 Å². The second-order valence-corrected chi connectivity index (χ2v) is 10.9. The highest BCUT2D eigenvalue weighted by molar-refractivity contribution is 6.07. The van der Waals surface area contributed by atoms with Crippen molar-refractivity contribution in [3.8, 4) is 11.1 Å². The number of aromatic nitrogens is 1. The number of aryl methyl sites for hydroxylation is 2. The Morgan fingerprint density at radius 3 is 2.24 bits per heavy atom. The molecule has 0 fully saturated rings. The highest BCUT2D eigenvalue weighted by atomic mass is 16.2. The fourth-order valence-electron chi connectivity index (χ4n) is 5.74. The summed E-state index contributed by atoms with van der Waals surface area (Å²) in [6.45, 7) is 5.93. The quantitative estimate of drug-likeness (QED) is 0.256. The molecule has 4 aromatic carbocycles. The number of nitrogens with one attached hydrogen (secondary N) is 1. The number of anilines is 1. The molecule has 0 saturated carbocycles. The summed E-state index contributed by atoms with van der Waals surface area (Å²) in [5.74, 6) is -0.215. The minimum atomic E-state index is -0.149. The number of fused-ring (bicyclic) bond motifs is 2. The molecule has 6 heteroatoms. The van der Waals surface area contributed by atoms with Crippen molar-refractivity contribution in [3.05, 3.63) is 148 Å². The first kappa shape index (κ1) is 27.2. The summed E-state index contributed by atoms with van der Waals surface area (Å²) in [5, 5.41) is 3.05. The smallest absolute Gasteiger partial charge is 0.268 e. The van der Waals surface area contributed by atoms with Gasteiger partial charge in [0.15, 0.2) is 0 Å². The van der Waals surface area contributed by atoms with E-state index in [-0.39, 0.29) is 11.8 Å². The van der Waals surface area contributed by atoms with Crippen LogP contribution in [0.1, 0.15) is 54.4 Å². The van der Waals surface area contributed by atoms with Crippen molar-refractivity contribution in [3.63, 3.8) is 0 Å². The van der Waals surface area contributed by atoms with E-state index in [0.29, 0.717) is 37.4 Å². The lowest BCUT2D eigenvalue weighted by Gasteiger charge is -2.23. The lowest BCUT2D eigenvalue weighted by atomic mass is 9.95. The van der Waals surface area contributed by atoms with Crippen molar-refractivity contribution in [1.82, 2.24) is 9.88 Å². The molecule has 0 atom stereocenters. The zero-order valence-electron chi connectivity index (χ0n) is 23.9. The summed E-state index contributed by atoms with van der Waals surface area (Å²) in [7, 11) is 0. The molecule has 0 saturated heterocycles. The second-order valence-electron chi connectivity index (χ2n) is 10.9. The summed E-state index contributed by atoms with van der Waals surface area (Å²) in [5.41, 5.74) is 16.3. The third-order valence-electron chi connectivity index (χ3n) is 8.10. The Bertz CT molecular complexity index is 1780. The molecular weight excluding hydrogens is 520 g/mol.